The Kier molecular flexibility index (Phi) is 6.19. The fourth-order valence-electron chi connectivity index (χ4n) is 2.79. The molecule has 2 heterocycles. The van der Waals surface area contributed by atoms with Gasteiger partial charge < -0.3 is 14.7 Å². The molecule has 1 aliphatic heterocycles. The van der Waals surface area contributed by atoms with Crippen LogP contribution in [-0.2, 0) is 19.6 Å². The monoisotopic (exact) mass is 422 g/mol. The van der Waals surface area contributed by atoms with Crippen LogP contribution >= 0.6 is 11.3 Å². The summed E-state index contributed by atoms with van der Waals surface area (Å²) in [6.07, 6.45) is 1.55. The average Bonchev–Trinajstić information content (AvgIpc) is 3.17. The van der Waals surface area contributed by atoms with Crippen LogP contribution in [0.15, 0.2) is 40.6 Å². The van der Waals surface area contributed by atoms with Gasteiger partial charge in [-0.3, -0.25) is 0 Å². The van der Waals surface area contributed by atoms with Crippen molar-refractivity contribution in [1.82, 2.24) is 4.31 Å². The first-order valence-corrected chi connectivity index (χ1v) is 10.9. The third kappa shape index (κ3) is 4.44. The molecule has 0 atom stereocenters. The Bertz CT molecular complexity index is 972. The highest BCUT2D eigenvalue weighted by Gasteiger charge is 2.28. The predicted octanol–water partition coefficient (Wildman–Crippen LogP) is 2.46. The molecule has 1 aromatic heterocycles. The smallest absolute Gasteiger partial charge is 0.337 e. The number of thiophene rings is 1. The summed E-state index contributed by atoms with van der Waals surface area (Å²) in [5.41, 5.74) is 1.80. The number of morpholine rings is 1. The minimum Gasteiger partial charge on any atom is -0.478 e. The van der Waals surface area contributed by atoms with E-state index in [9.17, 15) is 18.3 Å². The van der Waals surface area contributed by atoms with Crippen molar-refractivity contribution < 1.29 is 23.1 Å². The molecular weight excluding hydrogens is 400 g/mol. The Morgan fingerprint density at radius 2 is 1.79 bits per heavy atom. The van der Waals surface area contributed by atoms with Crippen LogP contribution in [-0.4, -0.2) is 64.2 Å². The van der Waals surface area contributed by atoms with Gasteiger partial charge in [0, 0.05) is 37.7 Å². The van der Waals surface area contributed by atoms with Crippen molar-refractivity contribution in [3.05, 3.63) is 46.8 Å². The number of hydrogen-bond acceptors (Lipinski definition) is 6. The molecule has 1 fully saturated rings. The number of sulfonamides is 1. The number of nitrogens with zero attached hydrogens (tertiary/aromatic N) is 2. The second-order valence-corrected chi connectivity index (χ2v) is 9.73. The number of rotatable bonds is 6. The lowest BCUT2D eigenvalue weighted by molar-refractivity contribution is -0.130. The number of aliphatic carboxylic acids is 1. The molecule has 0 unspecified atom stereocenters. The molecule has 0 spiro atoms. The van der Waals surface area contributed by atoms with Gasteiger partial charge in [0.25, 0.3) is 10.0 Å². The summed E-state index contributed by atoms with van der Waals surface area (Å²) in [5, 5.41) is 9.65. The maximum Gasteiger partial charge on any atom is 0.337 e. The molecule has 2 aromatic rings. The zero-order valence-corrected chi connectivity index (χ0v) is 17.3. The topological polar surface area (TPSA) is 87.2 Å². The third-order valence-corrected chi connectivity index (χ3v) is 7.85. The molecule has 150 valence electrons. The van der Waals surface area contributed by atoms with Crippen LogP contribution in [0.5, 0.6) is 0 Å². The summed E-state index contributed by atoms with van der Waals surface area (Å²) in [6, 6.07) is 10.5. The highest BCUT2D eigenvalue weighted by atomic mass is 32.2. The standard InChI is InChI=1S/C19H22N2O5S2/c1-20(2)15-5-3-14(4-6-15)13-16(19(22)23)17-7-8-18(27-17)28(24,25)21-9-11-26-12-10-21/h3-8,13H,9-12H2,1-2H3,(H,22,23)/b16-13-. The van der Waals surface area contributed by atoms with Crippen molar-refractivity contribution in [2.24, 2.45) is 0 Å². The van der Waals surface area contributed by atoms with Gasteiger partial charge in [-0.05, 0) is 35.9 Å². The molecule has 3 rings (SSSR count). The van der Waals surface area contributed by atoms with Crippen molar-refractivity contribution in [3.63, 3.8) is 0 Å². The molecule has 1 saturated heterocycles. The van der Waals surface area contributed by atoms with Crippen LogP contribution in [0.1, 0.15) is 10.4 Å². The minimum atomic E-state index is -3.64. The Balaban J connectivity index is 1.90. The van der Waals surface area contributed by atoms with Gasteiger partial charge >= 0.3 is 5.97 Å². The zero-order valence-electron chi connectivity index (χ0n) is 15.7. The number of carboxylic acids is 1. The molecule has 1 aliphatic rings. The number of carboxylic acid groups (broad SMARTS) is 1. The van der Waals surface area contributed by atoms with E-state index < -0.39 is 16.0 Å². The van der Waals surface area contributed by atoms with Crippen molar-refractivity contribution in [3.8, 4) is 0 Å². The fraction of sp³-hybridized carbons (Fsp3) is 0.316. The molecule has 0 saturated carbocycles. The van der Waals surface area contributed by atoms with E-state index in [2.05, 4.69) is 0 Å². The summed E-state index contributed by atoms with van der Waals surface area (Å²) in [5.74, 6) is -1.10. The van der Waals surface area contributed by atoms with Gasteiger partial charge in [0.15, 0.2) is 0 Å². The van der Waals surface area contributed by atoms with E-state index in [1.165, 1.54) is 10.4 Å². The SMILES string of the molecule is CN(C)c1ccc(/C=C(\C(=O)O)c2ccc(S(=O)(=O)N3CCOCC3)s2)cc1. The van der Waals surface area contributed by atoms with E-state index in [-0.39, 0.29) is 9.78 Å². The zero-order chi connectivity index (χ0) is 20.3. The largest absolute Gasteiger partial charge is 0.478 e. The number of hydrogen-bond donors (Lipinski definition) is 1. The normalized spacial score (nSPS) is 16.1. The second-order valence-electron chi connectivity index (χ2n) is 6.48. The van der Waals surface area contributed by atoms with Crippen molar-refractivity contribution in [2.75, 3.05) is 45.3 Å². The second kappa shape index (κ2) is 8.44. The highest BCUT2D eigenvalue weighted by molar-refractivity contribution is 7.91. The van der Waals surface area contributed by atoms with E-state index in [1.807, 2.05) is 43.3 Å². The quantitative estimate of drug-likeness (QED) is 0.720. The fourth-order valence-corrected chi connectivity index (χ4v) is 5.67. The number of benzene rings is 1. The summed E-state index contributed by atoms with van der Waals surface area (Å²) in [6.45, 7) is 1.33. The van der Waals surface area contributed by atoms with Crippen LogP contribution in [0.2, 0.25) is 0 Å². The van der Waals surface area contributed by atoms with Crippen LogP contribution in [0, 0.1) is 0 Å². The summed E-state index contributed by atoms with van der Waals surface area (Å²) >= 11 is 0.969. The van der Waals surface area contributed by atoms with Gasteiger partial charge in [0.05, 0.1) is 18.8 Å². The summed E-state index contributed by atoms with van der Waals surface area (Å²) in [4.78, 5) is 14.1. The molecule has 9 heteroatoms. The van der Waals surface area contributed by atoms with Crippen LogP contribution < -0.4 is 4.90 Å². The predicted molar refractivity (Wildman–Crippen MR) is 110 cm³/mol. The molecular formula is C19H22N2O5S2. The van der Waals surface area contributed by atoms with E-state index in [4.69, 9.17) is 4.74 Å². The van der Waals surface area contributed by atoms with E-state index in [1.54, 1.807) is 12.1 Å². The van der Waals surface area contributed by atoms with Gasteiger partial charge in [-0.1, -0.05) is 12.1 Å². The highest BCUT2D eigenvalue weighted by Crippen LogP contribution is 2.31. The van der Waals surface area contributed by atoms with E-state index in [0.717, 1.165) is 22.6 Å². The maximum absolute atomic E-state index is 12.8. The van der Waals surface area contributed by atoms with Crippen molar-refractivity contribution >= 4 is 44.7 Å². The van der Waals surface area contributed by atoms with Crippen molar-refractivity contribution in [2.45, 2.75) is 4.21 Å². The molecule has 0 radical (unpaired) electrons. The maximum atomic E-state index is 12.8. The molecule has 0 aliphatic carbocycles. The van der Waals surface area contributed by atoms with Crippen LogP contribution in [0.3, 0.4) is 0 Å². The first kappa shape index (κ1) is 20.5. The Morgan fingerprint density at radius 3 is 2.36 bits per heavy atom. The average molecular weight is 423 g/mol. The number of carbonyl (C=O) groups is 1. The lowest BCUT2D eigenvalue weighted by atomic mass is 10.1. The third-order valence-electron chi connectivity index (χ3n) is 4.36. The van der Waals surface area contributed by atoms with Crippen LogP contribution in [0.4, 0.5) is 5.69 Å². The summed E-state index contributed by atoms with van der Waals surface area (Å²) in [7, 11) is 0.210. The van der Waals surface area contributed by atoms with Crippen LogP contribution in [0.25, 0.3) is 11.6 Å². The Hall–Kier alpha value is -2.20. The first-order valence-electron chi connectivity index (χ1n) is 8.69. The molecule has 1 N–H and O–H groups in total. The molecule has 0 amide bonds. The van der Waals surface area contributed by atoms with E-state index in [0.29, 0.717) is 31.2 Å². The van der Waals surface area contributed by atoms with Gasteiger partial charge in [0.1, 0.15) is 4.21 Å². The summed E-state index contributed by atoms with van der Waals surface area (Å²) < 4.78 is 32.2. The lowest BCUT2D eigenvalue weighted by Crippen LogP contribution is -2.40. The van der Waals surface area contributed by atoms with Gasteiger partial charge in [0.2, 0.25) is 0 Å². The molecule has 7 nitrogen and oxygen atoms in total. The Labute approximate surface area is 168 Å². The Morgan fingerprint density at radius 1 is 1.14 bits per heavy atom. The van der Waals surface area contributed by atoms with Crippen molar-refractivity contribution in [1.29, 1.82) is 0 Å². The number of anilines is 1. The van der Waals surface area contributed by atoms with E-state index >= 15 is 0 Å². The molecule has 0 bridgehead atoms. The first-order chi connectivity index (χ1) is 13.3. The minimum absolute atomic E-state index is 0.0611. The van der Waals surface area contributed by atoms with Gasteiger partial charge in [-0.2, -0.15) is 4.31 Å². The van der Waals surface area contributed by atoms with Gasteiger partial charge in [-0.25, -0.2) is 13.2 Å². The molecule has 28 heavy (non-hydrogen) atoms. The number of ether oxygens (including phenoxy) is 1. The lowest BCUT2D eigenvalue weighted by Gasteiger charge is -2.25. The van der Waals surface area contributed by atoms with Gasteiger partial charge in [-0.15, -0.1) is 11.3 Å². The molecule has 1 aromatic carbocycles.